The van der Waals surface area contributed by atoms with Crippen LogP contribution >= 0.6 is 0 Å². The quantitative estimate of drug-likeness (QED) is 0.645. The zero-order valence-electron chi connectivity index (χ0n) is 11.9. The van der Waals surface area contributed by atoms with Crippen molar-refractivity contribution < 1.29 is 14.3 Å². The first-order valence-electron chi connectivity index (χ1n) is 7.01. The second kappa shape index (κ2) is 7.26. The summed E-state index contributed by atoms with van der Waals surface area (Å²) in [6.07, 6.45) is 0.225. The number of ether oxygens (including phenoxy) is 2. The summed E-state index contributed by atoms with van der Waals surface area (Å²) in [6, 6.07) is 7.29. The smallest absolute Gasteiger partial charge is 0.310 e. The standard InChI is InChI=1S/C15H22N2O3/c1-2-17-6-7-19-14(10-17)11-20-15(18)9-12-4-3-5-13(16)8-12/h3-5,8,14H,2,6-7,9-11,16H2,1H3. The van der Waals surface area contributed by atoms with Gasteiger partial charge in [0.25, 0.3) is 0 Å². The van der Waals surface area contributed by atoms with Gasteiger partial charge in [0.15, 0.2) is 0 Å². The molecule has 2 rings (SSSR count). The maximum atomic E-state index is 11.8. The van der Waals surface area contributed by atoms with Crippen molar-refractivity contribution in [1.29, 1.82) is 0 Å². The predicted octanol–water partition coefficient (Wildman–Crippen LogP) is 1.08. The van der Waals surface area contributed by atoms with Gasteiger partial charge in [0.2, 0.25) is 0 Å². The Bertz CT molecular complexity index is 450. The topological polar surface area (TPSA) is 64.8 Å². The van der Waals surface area contributed by atoms with Gasteiger partial charge < -0.3 is 15.2 Å². The van der Waals surface area contributed by atoms with Crippen LogP contribution < -0.4 is 5.73 Å². The molecule has 1 aromatic rings. The van der Waals surface area contributed by atoms with Crippen LogP contribution in [0, 0.1) is 0 Å². The van der Waals surface area contributed by atoms with E-state index in [2.05, 4.69) is 11.8 Å². The van der Waals surface area contributed by atoms with Crippen LogP contribution in [0.4, 0.5) is 5.69 Å². The lowest BCUT2D eigenvalue weighted by atomic mass is 10.1. The lowest BCUT2D eigenvalue weighted by molar-refractivity contribution is -0.149. The highest BCUT2D eigenvalue weighted by Gasteiger charge is 2.20. The molecule has 1 heterocycles. The molecule has 0 spiro atoms. The Labute approximate surface area is 119 Å². The van der Waals surface area contributed by atoms with Gasteiger partial charge >= 0.3 is 5.97 Å². The number of rotatable bonds is 5. The first-order chi connectivity index (χ1) is 9.67. The van der Waals surface area contributed by atoms with E-state index < -0.39 is 0 Å². The van der Waals surface area contributed by atoms with Gasteiger partial charge in [-0.05, 0) is 24.2 Å². The highest BCUT2D eigenvalue weighted by Crippen LogP contribution is 2.09. The van der Waals surface area contributed by atoms with E-state index >= 15 is 0 Å². The van der Waals surface area contributed by atoms with Crippen LogP contribution in [0.25, 0.3) is 0 Å². The van der Waals surface area contributed by atoms with E-state index in [1.54, 1.807) is 12.1 Å². The summed E-state index contributed by atoms with van der Waals surface area (Å²) in [5.41, 5.74) is 7.21. The number of carbonyl (C=O) groups excluding carboxylic acids is 1. The molecule has 1 atom stereocenters. The molecular formula is C15H22N2O3. The number of nitrogens with zero attached hydrogens (tertiary/aromatic N) is 1. The molecule has 1 saturated heterocycles. The van der Waals surface area contributed by atoms with Crippen LogP contribution in [0.1, 0.15) is 12.5 Å². The van der Waals surface area contributed by atoms with Crippen molar-refractivity contribution in [1.82, 2.24) is 4.90 Å². The molecule has 110 valence electrons. The lowest BCUT2D eigenvalue weighted by Gasteiger charge is -2.31. The fraction of sp³-hybridized carbons (Fsp3) is 0.533. The lowest BCUT2D eigenvalue weighted by Crippen LogP contribution is -2.44. The van der Waals surface area contributed by atoms with Crippen molar-refractivity contribution in [2.75, 3.05) is 38.6 Å². The molecular weight excluding hydrogens is 256 g/mol. The molecule has 0 aromatic heterocycles. The minimum atomic E-state index is -0.243. The highest BCUT2D eigenvalue weighted by molar-refractivity contribution is 5.73. The van der Waals surface area contributed by atoms with E-state index in [0.717, 1.165) is 25.2 Å². The summed E-state index contributed by atoms with van der Waals surface area (Å²) in [7, 11) is 0. The van der Waals surface area contributed by atoms with Gasteiger partial charge in [-0.1, -0.05) is 19.1 Å². The third-order valence-electron chi connectivity index (χ3n) is 3.40. The summed E-state index contributed by atoms with van der Waals surface area (Å²) in [5.74, 6) is -0.243. The van der Waals surface area contributed by atoms with Crippen molar-refractivity contribution in [3.63, 3.8) is 0 Å². The molecule has 0 radical (unpaired) electrons. The van der Waals surface area contributed by atoms with Crippen molar-refractivity contribution in [3.8, 4) is 0 Å². The third-order valence-corrected chi connectivity index (χ3v) is 3.40. The Morgan fingerprint density at radius 3 is 3.15 bits per heavy atom. The van der Waals surface area contributed by atoms with Crippen molar-refractivity contribution in [2.45, 2.75) is 19.4 Å². The molecule has 0 saturated carbocycles. The van der Waals surface area contributed by atoms with E-state index in [1.807, 2.05) is 12.1 Å². The Morgan fingerprint density at radius 1 is 1.55 bits per heavy atom. The maximum absolute atomic E-state index is 11.8. The number of morpholine rings is 1. The normalized spacial score (nSPS) is 19.8. The number of nitrogen functional groups attached to an aromatic ring is 1. The molecule has 1 unspecified atom stereocenters. The molecule has 2 N–H and O–H groups in total. The van der Waals surface area contributed by atoms with Crippen LogP contribution in [-0.2, 0) is 20.7 Å². The average molecular weight is 278 g/mol. The molecule has 0 aliphatic carbocycles. The number of nitrogens with two attached hydrogens (primary N) is 1. The molecule has 0 bridgehead atoms. The Morgan fingerprint density at radius 2 is 2.40 bits per heavy atom. The van der Waals surface area contributed by atoms with E-state index in [9.17, 15) is 4.79 Å². The molecule has 1 aliphatic rings. The average Bonchev–Trinajstić information content (AvgIpc) is 2.45. The molecule has 1 aliphatic heterocycles. The van der Waals surface area contributed by atoms with Crippen LogP contribution in [0.5, 0.6) is 0 Å². The maximum Gasteiger partial charge on any atom is 0.310 e. The summed E-state index contributed by atoms with van der Waals surface area (Å²) < 4.78 is 10.9. The fourth-order valence-electron chi connectivity index (χ4n) is 2.28. The minimum Gasteiger partial charge on any atom is -0.463 e. The number of anilines is 1. The number of hydrogen-bond acceptors (Lipinski definition) is 5. The highest BCUT2D eigenvalue weighted by atomic mass is 16.6. The molecule has 20 heavy (non-hydrogen) atoms. The Hall–Kier alpha value is -1.59. The van der Waals surface area contributed by atoms with Crippen molar-refractivity contribution in [3.05, 3.63) is 29.8 Å². The monoisotopic (exact) mass is 278 g/mol. The Balaban J connectivity index is 1.75. The van der Waals surface area contributed by atoms with Crippen molar-refractivity contribution >= 4 is 11.7 Å². The molecule has 5 nitrogen and oxygen atoms in total. The van der Waals surface area contributed by atoms with E-state index in [1.165, 1.54) is 0 Å². The van der Waals surface area contributed by atoms with Crippen LogP contribution in [-0.4, -0.2) is 49.8 Å². The number of benzene rings is 1. The van der Waals surface area contributed by atoms with Crippen LogP contribution in [0.15, 0.2) is 24.3 Å². The molecule has 5 heteroatoms. The van der Waals surface area contributed by atoms with Gasteiger partial charge in [0.05, 0.1) is 13.0 Å². The second-order valence-electron chi connectivity index (χ2n) is 4.99. The first kappa shape index (κ1) is 14.8. The molecule has 1 aromatic carbocycles. The van der Waals surface area contributed by atoms with Gasteiger partial charge in [-0.2, -0.15) is 0 Å². The van der Waals surface area contributed by atoms with Crippen LogP contribution in [0.2, 0.25) is 0 Å². The molecule has 1 fully saturated rings. The largest absolute Gasteiger partial charge is 0.463 e. The van der Waals surface area contributed by atoms with E-state index in [0.29, 0.717) is 18.9 Å². The summed E-state index contributed by atoms with van der Waals surface area (Å²) >= 11 is 0. The predicted molar refractivity (Wildman–Crippen MR) is 77.4 cm³/mol. The molecule has 0 amide bonds. The summed E-state index contributed by atoms with van der Waals surface area (Å²) in [6.45, 7) is 5.90. The zero-order chi connectivity index (χ0) is 14.4. The zero-order valence-corrected chi connectivity index (χ0v) is 11.9. The second-order valence-corrected chi connectivity index (χ2v) is 4.99. The Kier molecular flexibility index (Phi) is 5.38. The van der Waals surface area contributed by atoms with Gasteiger partial charge in [0.1, 0.15) is 12.7 Å². The van der Waals surface area contributed by atoms with Crippen molar-refractivity contribution in [2.24, 2.45) is 0 Å². The fourth-order valence-corrected chi connectivity index (χ4v) is 2.28. The van der Waals surface area contributed by atoms with Gasteiger partial charge in [0, 0.05) is 18.8 Å². The van der Waals surface area contributed by atoms with E-state index in [4.69, 9.17) is 15.2 Å². The number of hydrogen-bond donors (Lipinski definition) is 1. The SMILES string of the molecule is CCN1CCOC(COC(=O)Cc2cccc(N)c2)C1. The minimum absolute atomic E-state index is 0.0199. The number of carbonyl (C=O) groups is 1. The van der Waals surface area contributed by atoms with Gasteiger partial charge in [-0.15, -0.1) is 0 Å². The third kappa shape index (κ3) is 4.51. The van der Waals surface area contributed by atoms with Gasteiger partial charge in [-0.3, -0.25) is 9.69 Å². The summed E-state index contributed by atoms with van der Waals surface area (Å²) in [4.78, 5) is 14.1. The van der Waals surface area contributed by atoms with Crippen LogP contribution in [0.3, 0.4) is 0 Å². The van der Waals surface area contributed by atoms with Gasteiger partial charge in [-0.25, -0.2) is 0 Å². The summed E-state index contributed by atoms with van der Waals surface area (Å²) in [5, 5.41) is 0. The first-order valence-corrected chi connectivity index (χ1v) is 7.01. The van der Waals surface area contributed by atoms with E-state index in [-0.39, 0.29) is 18.5 Å². The number of likely N-dealkylation sites (N-methyl/N-ethyl adjacent to an activating group) is 1. The number of esters is 1.